The fourth-order valence-electron chi connectivity index (χ4n) is 0.767. The zero-order chi connectivity index (χ0) is 9.56. The summed E-state index contributed by atoms with van der Waals surface area (Å²) in [6.07, 6.45) is 1.47. The molecule has 0 aliphatic heterocycles. The Morgan fingerprint density at radius 1 is 1.17 bits per heavy atom. The van der Waals surface area contributed by atoms with Crippen LogP contribution in [0.15, 0.2) is 0 Å². The minimum atomic E-state index is 0.383. The minimum Gasteiger partial charge on any atom is -0.378 e. The molecule has 0 bridgehead atoms. The molecule has 0 saturated heterocycles. The van der Waals surface area contributed by atoms with Gasteiger partial charge in [0.2, 0.25) is 0 Å². The third kappa shape index (κ3) is 5.56. The molecular formula is C10H23NO. The SMILES string of the molecule is CNC(C)CCOC(C)C(C)C. The van der Waals surface area contributed by atoms with Gasteiger partial charge in [-0.25, -0.2) is 0 Å². The van der Waals surface area contributed by atoms with E-state index in [2.05, 4.69) is 33.0 Å². The highest BCUT2D eigenvalue weighted by atomic mass is 16.5. The molecule has 0 radical (unpaired) electrons. The summed E-state index contributed by atoms with van der Waals surface area (Å²) in [5, 5.41) is 3.19. The van der Waals surface area contributed by atoms with Crippen LogP contribution in [0.2, 0.25) is 0 Å². The zero-order valence-electron chi connectivity index (χ0n) is 9.05. The molecule has 0 aliphatic rings. The summed E-state index contributed by atoms with van der Waals surface area (Å²) in [7, 11) is 1.98. The first-order chi connectivity index (χ1) is 5.57. The van der Waals surface area contributed by atoms with E-state index in [-0.39, 0.29) is 0 Å². The molecule has 0 saturated carbocycles. The average molecular weight is 173 g/mol. The predicted molar refractivity (Wildman–Crippen MR) is 53.4 cm³/mol. The predicted octanol–water partition coefficient (Wildman–Crippen LogP) is 2.05. The molecular weight excluding hydrogens is 150 g/mol. The Morgan fingerprint density at radius 3 is 2.17 bits per heavy atom. The van der Waals surface area contributed by atoms with Crippen molar-refractivity contribution in [1.29, 1.82) is 0 Å². The summed E-state index contributed by atoms with van der Waals surface area (Å²) in [6.45, 7) is 9.54. The van der Waals surface area contributed by atoms with Gasteiger partial charge in [-0.15, -0.1) is 0 Å². The summed E-state index contributed by atoms with van der Waals surface area (Å²) in [5.74, 6) is 0.620. The molecule has 0 amide bonds. The molecule has 0 heterocycles. The highest BCUT2D eigenvalue weighted by Crippen LogP contribution is 2.05. The maximum absolute atomic E-state index is 5.64. The average Bonchev–Trinajstić information content (AvgIpc) is 2.03. The lowest BCUT2D eigenvalue weighted by Gasteiger charge is -2.18. The summed E-state index contributed by atoms with van der Waals surface area (Å²) in [4.78, 5) is 0. The van der Waals surface area contributed by atoms with Crippen molar-refractivity contribution in [3.63, 3.8) is 0 Å². The van der Waals surface area contributed by atoms with E-state index >= 15 is 0 Å². The van der Waals surface area contributed by atoms with Crippen molar-refractivity contribution in [3.8, 4) is 0 Å². The third-order valence-electron chi connectivity index (χ3n) is 2.36. The van der Waals surface area contributed by atoms with Crippen LogP contribution >= 0.6 is 0 Å². The Morgan fingerprint density at radius 2 is 1.75 bits per heavy atom. The first-order valence-corrected chi connectivity index (χ1v) is 4.86. The monoisotopic (exact) mass is 173 g/mol. The minimum absolute atomic E-state index is 0.383. The summed E-state index contributed by atoms with van der Waals surface area (Å²) >= 11 is 0. The van der Waals surface area contributed by atoms with Gasteiger partial charge < -0.3 is 10.1 Å². The molecule has 0 rings (SSSR count). The van der Waals surface area contributed by atoms with Crippen LogP contribution < -0.4 is 5.32 Å². The molecule has 0 spiro atoms. The molecule has 2 atom stereocenters. The smallest absolute Gasteiger partial charge is 0.0569 e. The molecule has 74 valence electrons. The van der Waals surface area contributed by atoms with Crippen molar-refractivity contribution in [3.05, 3.63) is 0 Å². The van der Waals surface area contributed by atoms with Crippen molar-refractivity contribution < 1.29 is 4.74 Å². The normalized spacial score (nSPS) is 16.5. The van der Waals surface area contributed by atoms with Gasteiger partial charge >= 0.3 is 0 Å². The van der Waals surface area contributed by atoms with Gasteiger partial charge in [0.05, 0.1) is 6.10 Å². The molecule has 1 N–H and O–H groups in total. The Hall–Kier alpha value is -0.0800. The Balaban J connectivity index is 3.30. The largest absolute Gasteiger partial charge is 0.378 e. The highest BCUT2D eigenvalue weighted by molar-refractivity contribution is 4.58. The van der Waals surface area contributed by atoms with Crippen LogP contribution in [0.4, 0.5) is 0 Å². The van der Waals surface area contributed by atoms with E-state index in [0.717, 1.165) is 13.0 Å². The standard InChI is InChI=1S/C10H23NO/c1-8(2)10(4)12-7-6-9(3)11-5/h8-11H,6-7H2,1-5H3. The second kappa shape index (κ2) is 6.44. The van der Waals surface area contributed by atoms with Crippen LogP contribution in [0.1, 0.15) is 34.1 Å². The summed E-state index contributed by atoms with van der Waals surface area (Å²) < 4.78 is 5.64. The first kappa shape index (κ1) is 11.9. The van der Waals surface area contributed by atoms with Gasteiger partial charge in [-0.3, -0.25) is 0 Å². The molecule has 2 heteroatoms. The molecule has 0 aliphatic carbocycles. The van der Waals surface area contributed by atoms with E-state index in [1.807, 2.05) is 7.05 Å². The van der Waals surface area contributed by atoms with Gasteiger partial charge in [-0.1, -0.05) is 13.8 Å². The fraction of sp³-hybridized carbons (Fsp3) is 1.00. The van der Waals surface area contributed by atoms with Gasteiger partial charge in [0.1, 0.15) is 0 Å². The lowest BCUT2D eigenvalue weighted by molar-refractivity contribution is 0.0312. The molecule has 2 nitrogen and oxygen atoms in total. The number of ether oxygens (including phenoxy) is 1. The van der Waals surface area contributed by atoms with Crippen LogP contribution in [-0.4, -0.2) is 25.8 Å². The van der Waals surface area contributed by atoms with E-state index in [0.29, 0.717) is 18.1 Å². The van der Waals surface area contributed by atoms with E-state index in [4.69, 9.17) is 4.74 Å². The zero-order valence-corrected chi connectivity index (χ0v) is 9.05. The van der Waals surface area contributed by atoms with Crippen molar-refractivity contribution in [1.82, 2.24) is 5.32 Å². The highest BCUT2D eigenvalue weighted by Gasteiger charge is 2.07. The molecule has 0 fully saturated rings. The van der Waals surface area contributed by atoms with Crippen LogP contribution in [0.5, 0.6) is 0 Å². The second-order valence-electron chi connectivity index (χ2n) is 3.80. The van der Waals surface area contributed by atoms with Crippen LogP contribution in [-0.2, 0) is 4.74 Å². The van der Waals surface area contributed by atoms with E-state index in [9.17, 15) is 0 Å². The van der Waals surface area contributed by atoms with Crippen LogP contribution in [0, 0.1) is 5.92 Å². The van der Waals surface area contributed by atoms with Gasteiger partial charge in [0.15, 0.2) is 0 Å². The molecule has 2 unspecified atom stereocenters. The van der Waals surface area contributed by atoms with Gasteiger partial charge in [0, 0.05) is 12.6 Å². The van der Waals surface area contributed by atoms with Crippen molar-refractivity contribution in [2.75, 3.05) is 13.7 Å². The Bertz CT molecular complexity index is 104. The topological polar surface area (TPSA) is 21.3 Å². The van der Waals surface area contributed by atoms with Crippen molar-refractivity contribution in [2.24, 2.45) is 5.92 Å². The fourth-order valence-corrected chi connectivity index (χ4v) is 0.767. The Labute approximate surface area is 76.7 Å². The number of hydrogen-bond acceptors (Lipinski definition) is 2. The van der Waals surface area contributed by atoms with Crippen LogP contribution in [0.25, 0.3) is 0 Å². The number of nitrogens with one attached hydrogen (secondary N) is 1. The third-order valence-corrected chi connectivity index (χ3v) is 2.36. The van der Waals surface area contributed by atoms with Gasteiger partial charge in [0.25, 0.3) is 0 Å². The first-order valence-electron chi connectivity index (χ1n) is 4.86. The lowest BCUT2D eigenvalue weighted by atomic mass is 10.1. The van der Waals surface area contributed by atoms with Gasteiger partial charge in [-0.2, -0.15) is 0 Å². The molecule has 0 aromatic carbocycles. The molecule has 0 aromatic rings. The maximum atomic E-state index is 5.64. The molecule has 12 heavy (non-hydrogen) atoms. The van der Waals surface area contributed by atoms with E-state index in [1.54, 1.807) is 0 Å². The van der Waals surface area contributed by atoms with Gasteiger partial charge in [-0.05, 0) is 33.2 Å². The maximum Gasteiger partial charge on any atom is 0.0569 e. The number of hydrogen-bond donors (Lipinski definition) is 1. The molecule has 0 aromatic heterocycles. The number of rotatable bonds is 6. The van der Waals surface area contributed by atoms with E-state index in [1.165, 1.54) is 0 Å². The van der Waals surface area contributed by atoms with E-state index < -0.39 is 0 Å². The Kier molecular flexibility index (Phi) is 6.39. The second-order valence-corrected chi connectivity index (χ2v) is 3.80. The van der Waals surface area contributed by atoms with Crippen molar-refractivity contribution in [2.45, 2.75) is 46.3 Å². The van der Waals surface area contributed by atoms with Crippen molar-refractivity contribution >= 4 is 0 Å². The summed E-state index contributed by atoms with van der Waals surface area (Å²) in [6, 6.07) is 0.560. The quantitative estimate of drug-likeness (QED) is 0.663. The lowest BCUT2D eigenvalue weighted by Crippen LogP contribution is -2.25. The summed E-state index contributed by atoms with van der Waals surface area (Å²) in [5.41, 5.74) is 0. The van der Waals surface area contributed by atoms with Crippen LogP contribution in [0.3, 0.4) is 0 Å².